The van der Waals surface area contributed by atoms with Gasteiger partial charge in [-0.15, -0.1) is 0 Å². The van der Waals surface area contributed by atoms with Gasteiger partial charge in [-0.1, -0.05) is 24.6 Å². The van der Waals surface area contributed by atoms with Crippen molar-refractivity contribution in [2.24, 2.45) is 11.5 Å². The first-order valence-electron chi connectivity index (χ1n) is 11.1. The molecular weight excluding hydrogens is 428 g/mol. The van der Waals surface area contributed by atoms with Crippen LogP contribution in [-0.4, -0.2) is 69.9 Å². The molecule has 2 aromatic rings. The summed E-state index contributed by atoms with van der Waals surface area (Å²) in [4.78, 5) is 54.3. The van der Waals surface area contributed by atoms with Crippen molar-refractivity contribution in [1.29, 1.82) is 0 Å². The maximum atomic E-state index is 12.8. The third-order valence-corrected chi connectivity index (χ3v) is 5.89. The van der Waals surface area contributed by atoms with Gasteiger partial charge in [0.25, 0.3) is 0 Å². The summed E-state index contributed by atoms with van der Waals surface area (Å²) in [5.74, 6) is -3.10. The number of unbranched alkanes of at least 4 members (excludes halogenated alkanes) is 1. The smallest absolute Gasteiger partial charge is 0.345 e. The molecule has 3 rings (SSSR count). The summed E-state index contributed by atoms with van der Waals surface area (Å²) >= 11 is 0. The first-order chi connectivity index (χ1) is 15.8. The molecule has 1 saturated heterocycles. The van der Waals surface area contributed by atoms with Crippen molar-refractivity contribution in [3.63, 3.8) is 0 Å². The van der Waals surface area contributed by atoms with Crippen molar-refractivity contribution < 1.29 is 29.0 Å². The summed E-state index contributed by atoms with van der Waals surface area (Å²) in [6.45, 7) is 0.850. The number of H-pyrrole nitrogens is 1. The molecule has 0 bridgehead atoms. The summed E-state index contributed by atoms with van der Waals surface area (Å²) in [7, 11) is 0. The predicted molar refractivity (Wildman–Crippen MR) is 120 cm³/mol. The topological polar surface area (TPSA) is 169 Å². The summed E-state index contributed by atoms with van der Waals surface area (Å²) in [5, 5.41) is 10.2. The number of nitrogens with two attached hydrogens (primary N) is 2. The van der Waals surface area contributed by atoms with Gasteiger partial charge in [-0.2, -0.15) is 0 Å². The van der Waals surface area contributed by atoms with Crippen LogP contribution in [0.15, 0.2) is 30.5 Å². The highest BCUT2D eigenvalue weighted by molar-refractivity contribution is 6.09. The molecule has 0 aliphatic carbocycles. The number of carboxylic acids is 1. The average molecular weight is 459 g/mol. The number of hydrogen-bond acceptors (Lipinski definition) is 7. The normalized spacial score (nSPS) is 17.6. The molecule has 33 heavy (non-hydrogen) atoms. The van der Waals surface area contributed by atoms with Gasteiger partial charge in [-0.25, -0.2) is 9.59 Å². The van der Waals surface area contributed by atoms with Gasteiger partial charge >= 0.3 is 11.9 Å². The second-order valence-electron chi connectivity index (χ2n) is 8.22. The number of aliphatic carboxylic acids is 1. The number of carbonyl (C=O) groups excluding carboxylic acids is 3. The number of aromatic nitrogens is 1. The van der Waals surface area contributed by atoms with Crippen LogP contribution in [-0.2, 0) is 19.1 Å². The largest absolute Gasteiger partial charge is 0.478 e. The van der Waals surface area contributed by atoms with E-state index in [9.17, 15) is 24.3 Å². The molecule has 2 heterocycles. The van der Waals surface area contributed by atoms with Crippen molar-refractivity contribution >= 4 is 34.5 Å². The number of Topliss-reactive ketones (excluding diaryl/α,β-unsaturated/α-hetero) is 1. The number of amides is 1. The van der Waals surface area contributed by atoms with Crippen LogP contribution < -0.4 is 11.5 Å². The van der Waals surface area contributed by atoms with Gasteiger partial charge in [0, 0.05) is 29.2 Å². The Labute approximate surface area is 191 Å². The number of carbonyl (C=O) groups is 4. The Bertz CT molecular complexity index is 1020. The van der Waals surface area contributed by atoms with Crippen LogP contribution in [0.4, 0.5) is 0 Å². The van der Waals surface area contributed by atoms with Crippen LogP contribution in [0.5, 0.6) is 0 Å². The Morgan fingerprint density at radius 3 is 2.70 bits per heavy atom. The Morgan fingerprint density at radius 1 is 1.21 bits per heavy atom. The fourth-order valence-electron chi connectivity index (χ4n) is 4.10. The lowest BCUT2D eigenvalue weighted by atomic mass is 10.0. The second-order valence-corrected chi connectivity index (χ2v) is 8.22. The minimum absolute atomic E-state index is 0.328. The van der Waals surface area contributed by atoms with Gasteiger partial charge in [-0.05, 0) is 38.3 Å². The highest BCUT2D eigenvalue weighted by Crippen LogP contribution is 2.23. The molecule has 6 N–H and O–H groups in total. The zero-order valence-electron chi connectivity index (χ0n) is 18.4. The molecular formula is C23H30N4O6. The van der Waals surface area contributed by atoms with E-state index in [1.807, 2.05) is 6.07 Å². The van der Waals surface area contributed by atoms with E-state index in [-0.39, 0.29) is 5.91 Å². The lowest BCUT2D eigenvalue weighted by molar-refractivity contribution is -0.168. The minimum atomic E-state index is -1.66. The number of carboxylic acid groups (broad SMARTS) is 1. The Kier molecular flexibility index (Phi) is 8.18. The van der Waals surface area contributed by atoms with Crippen LogP contribution in [0.3, 0.4) is 0 Å². The SMILES string of the molecule is NCCCC[C@H](N)C(=O)N1CCC[C@H]1C(=O)OC(CC(=O)c1c[nH]c2ccccc12)C(=O)O. The van der Waals surface area contributed by atoms with Crippen LogP contribution >= 0.6 is 0 Å². The van der Waals surface area contributed by atoms with Gasteiger partial charge in [0.2, 0.25) is 12.0 Å². The standard InChI is InChI=1S/C23H30N4O6/c24-10-4-3-7-16(25)21(29)27-11-5-9-18(27)23(32)33-20(22(30)31)12-19(28)15-13-26-17-8-2-1-6-14(15)17/h1-2,6,8,13,16,18,20,26H,3-5,7,9-12,24-25H2,(H,30,31)/t16-,18-,20?/m0/s1. The third kappa shape index (κ3) is 5.77. The van der Waals surface area contributed by atoms with Gasteiger partial charge in [0.1, 0.15) is 6.04 Å². The molecule has 10 nitrogen and oxygen atoms in total. The monoisotopic (exact) mass is 458 g/mol. The highest BCUT2D eigenvalue weighted by atomic mass is 16.6. The fourth-order valence-corrected chi connectivity index (χ4v) is 4.10. The molecule has 1 aliphatic heterocycles. The summed E-state index contributed by atoms with van der Waals surface area (Å²) in [6, 6.07) is 5.46. The lowest BCUT2D eigenvalue weighted by Crippen LogP contribution is -2.49. The molecule has 0 saturated carbocycles. The Hall–Kier alpha value is -3.24. The molecule has 1 unspecified atom stereocenters. The van der Waals surface area contributed by atoms with Crippen molar-refractivity contribution in [2.75, 3.05) is 13.1 Å². The van der Waals surface area contributed by atoms with Crippen LogP contribution in [0.25, 0.3) is 10.9 Å². The Morgan fingerprint density at radius 2 is 1.97 bits per heavy atom. The number of ether oxygens (including phenoxy) is 1. The van der Waals surface area contributed by atoms with Crippen LogP contribution in [0.2, 0.25) is 0 Å². The molecule has 1 aromatic carbocycles. The van der Waals surface area contributed by atoms with Gasteiger partial charge < -0.3 is 31.2 Å². The van der Waals surface area contributed by atoms with E-state index in [0.717, 1.165) is 11.9 Å². The molecule has 1 fully saturated rings. The van der Waals surface area contributed by atoms with E-state index in [4.69, 9.17) is 16.2 Å². The second kappa shape index (κ2) is 11.1. The number of para-hydroxylation sites is 1. The Balaban J connectivity index is 1.65. The first kappa shape index (κ1) is 24.4. The predicted octanol–water partition coefficient (Wildman–Crippen LogP) is 1.18. The van der Waals surface area contributed by atoms with E-state index in [0.29, 0.717) is 49.7 Å². The number of nitrogens with one attached hydrogen (secondary N) is 1. The fraction of sp³-hybridized carbons (Fsp3) is 0.478. The molecule has 1 aliphatic rings. The molecule has 3 atom stereocenters. The van der Waals surface area contributed by atoms with Gasteiger partial charge in [-0.3, -0.25) is 9.59 Å². The van der Waals surface area contributed by atoms with E-state index in [1.165, 1.54) is 11.1 Å². The molecule has 1 aromatic heterocycles. The number of aromatic amines is 1. The zero-order chi connectivity index (χ0) is 24.0. The van der Waals surface area contributed by atoms with E-state index >= 15 is 0 Å². The van der Waals surface area contributed by atoms with Gasteiger partial charge in [0.05, 0.1) is 12.5 Å². The van der Waals surface area contributed by atoms with Crippen LogP contribution in [0.1, 0.15) is 48.9 Å². The summed E-state index contributed by atoms with van der Waals surface area (Å²) in [6.07, 6.45) is 2.16. The number of hydrogen-bond donors (Lipinski definition) is 4. The first-order valence-corrected chi connectivity index (χ1v) is 11.1. The van der Waals surface area contributed by atoms with Gasteiger partial charge in [0.15, 0.2) is 5.78 Å². The van der Waals surface area contributed by atoms with Crippen molar-refractivity contribution in [1.82, 2.24) is 9.88 Å². The van der Waals surface area contributed by atoms with Crippen molar-refractivity contribution in [3.05, 3.63) is 36.0 Å². The average Bonchev–Trinajstić information content (AvgIpc) is 3.45. The number of likely N-dealkylation sites (tertiary alicyclic amines) is 1. The van der Waals surface area contributed by atoms with Crippen molar-refractivity contribution in [2.45, 2.75) is 56.7 Å². The summed E-state index contributed by atoms with van der Waals surface area (Å²) < 4.78 is 5.21. The third-order valence-electron chi connectivity index (χ3n) is 5.89. The number of rotatable bonds is 11. The molecule has 0 radical (unpaired) electrons. The maximum absolute atomic E-state index is 12.8. The molecule has 0 spiro atoms. The maximum Gasteiger partial charge on any atom is 0.345 e. The van der Waals surface area contributed by atoms with E-state index in [2.05, 4.69) is 4.98 Å². The number of ketones is 1. The number of nitrogens with zero attached hydrogens (tertiary/aromatic N) is 1. The minimum Gasteiger partial charge on any atom is -0.478 e. The zero-order valence-corrected chi connectivity index (χ0v) is 18.4. The highest BCUT2D eigenvalue weighted by Gasteiger charge is 2.39. The number of fused-ring (bicyclic) bond motifs is 1. The van der Waals surface area contributed by atoms with E-state index in [1.54, 1.807) is 18.2 Å². The molecule has 10 heteroatoms. The lowest BCUT2D eigenvalue weighted by Gasteiger charge is -2.27. The van der Waals surface area contributed by atoms with E-state index < -0.39 is 42.3 Å². The van der Waals surface area contributed by atoms with Crippen molar-refractivity contribution in [3.8, 4) is 0 Å². The number of esters is 1. The number of benzene rings is 1. The van der Waals surface area contributed by atoms with Crippen LogP contribution in [0, 0.1) is 0 Å². The molecule has 178 valence electrons. The quantitative estimate of drug-likeness (QED) is 0.221. The molecule has 1 amide bonds. The summed E-state index contributed by atoms with van der Waals surface area (Å²) in [5.41, 5.74) is 12.5.